The van der Waals surface area contributed by atoms with E-state index in [1.807, 2.05) is 16.9 Å². The van der Waals surface area contributed by atoms with Gasteiger partial charge in [-0.05, 0) is 5.56 Å². The molecule has 0 bridgehead atoms. The summed E-state index contributed by atoms with van der Waals surface area (Å²) in [6.07, 6.45) is 3.60. The largest absolute Gasteiger partial charge is 0.345 e. The first-order valence-corrected chi connectivity index (χ1v) is 12.3. The zero-order valence-electron chi connectivity index (χ0n) is 19.7. The molecule has 0 spiro atoms. The number of hydrogen-bond donors (Lipinski definition) is 1. The first-order chi connectivity index (χ1) is 17.4. The standard InChI is InChI=1S/C29H28N6/c1-4-10-23(11-5-1)21-35-29-26(20-32-35)28(30-22-31-29)34-18-16-33(17-19-34)27(24-12-6-2-7-13-24)25-14-8-3-9-15-25/h1-15,20,22,27H,16-19,21H2/p+1. The zero-order chi connectivity index (χ0) is 23.5. The third kappa shape index (κ3) is 4.40. The molecule has 0 aliphatic carbocycles. The fourth-order valence-corrected chi connectivity index (χ4v) is 5.25. The van der Waals surface area contributed by atoms with E-state index in [9.17, 15) is 0 Å². The Bertz CT molecular complexity index is 1340. The zero-order valence-corrected chi connectivity index (χ0v) is 19.7. The molecule has 6 nitrogen and oxygen atoms in total. The topological polar surface area (TPSA) is 51.3 Å². The van der Waals surface area contributed by atoms with Gasteiger partial charge in [0, 0.05) is 11.1 Å². The lowest BCUT2D eigenvalue weighted by molar-refractivity contribution is -0.926. The molecule has 174 valence electrons. The highest BCUT2D eigenvalue weighted by molar-refractivity contribution is 5.86. The van der Waals surface area contributed by atoms with Gasteiger partial charge in [-0.25, -0.2) is 14.6 Å². The van der Waals surface area contributed by atoms with Gasteiger partial charge in [0.2, 0.25) is 0 Å². The molecule has 3 aromatic carbocycles. The van der Waals surface area contributed by atoms with E-state index in [4.69, 9.17) is 0 Å². The minimum absolute atomic E-state index is 0.332. The van der Waals surface area contributed by atoms with Crippen molar-refractivity contribution < 1.29 is 4.90 Å². The van der Waals surface area contributed by atoms with Crippen LogP contribution in [0.1, 0.15) is 22.7 Å². The first kappa shape index (κ1) is 21.5. The van der Waals surface area contributed by atoms with Crippen LogP contribution in [0, 0.1) is 0 Å². The third-order valence-electron chi connectivity index (χ3n) is 6.97. The number of nitrogens with zero attached hydrogens (tertiary/aromatic N) is 5. The smallest absolute Gasteiger partial charge is 0.163 e. The molecule has 2 aromatic heterocycles. The van der Waals surface area contributed by atoms with Crippen LogP contribution in [0.3, 0.4) is 0 Å². The number of anilines is 1. The molecule has 6 heteroatoms. The number of aromatic nitrogens is 4. The summed E-state index contributed by atoms with van der Waals surface area (Å²) in [6, 6.07) is 32.5. The predicted molar refractivity (Wildman–Crippen MR) is 139 cm³/mol. The highest BCUT2D eigenvalue weighted by Crippen LogP contribution is 2.24. The van der Waals surface area contributed by atoms with Gasteiger partial charge in [-0.2, -0.15) is 5.10 Å². The summed E-state index contributed by atoms with van der Waals surface area (Å²) in [5, 5.41) is 5.67. The van der Waals surface area contributed by atoms with E-state index in [1.54, 1.807) is 11.2 Å². The van der Waals surface area contributed by atoms with E-state index < -0.39 is 0 Å². The second kappa shape index (κ2) is 9.68. The van der Waals surface area contributed by atoms with Gasteiger partial charge < -0.3 is 9.80 Å². The summed E-state index contributed by atoms with van der Waals surface area (Å²) in [5.41, 5.74) is 4.84. The van der Waals surface area contributed by atoms with Crippen molar-refractivity contribution >= 4 is 16.9 Å². The van der Waals surface area contributed by atoms with Crippen molar-refractivity contribution in [2.45, 2.75) is 12.6 Å². The molecule has 0 unspecified atom stereocenters. The van der Waals surface area contributed by atoms with Crippen molar-refractivity contribution in [3.63, 3.8) is 0 Å². The van der Waals surface area contributed by atoms with Crippen molar-refractivity contribution in [1.29, 1.82) is 0 Å². The number of hydrogen-bond acceptors (Lipinski definition) is 4. The number of piperazine rings is 1. The highest BCUT2D eigenvalue weighted by atomic mass is 15.3. The number of rotatable bonds is 6. The van der Waals surface area contributed by atoms with Crippen LogP contribution in [0.2, 0.25) is 0 Å². The van der Waals surface area contributed by atoms with E-state index in [0.717, 1.165) is 43.0 Å². The maximum Gasteiger partial charge on any atom is 0.163 e. The molecule has 1 N–H and O–H groups in total. The molecule has 5 aromatic rings. The van der Waals surface area contributed by atoms with Crippen LogP contribution < -0.4 is 9.80 Å². The molecule has 1 fully saturated rings. The van der Waals surface area contributed by atoms with Gasteiger partial charge in [0.15, 0.2) is 5.65 Å². The van der Waals surface area contributed by atoms with Gasteiger partial charge in [-0.15, -0.1) is 0 Å². The van der Waals surface area contributed by atoms with Crippen LogP contribution in [-0.4, -0.2) is 45.9 Å². The molecule has 0 saturated carbocycles. The van der Waals surface area contributed by atoms with Gasteiger partial charge in [0.1, 0.15) is 18.2 Å². The van der Waals surface area contributed by atoms with Crippen molar-refractivity contribution in [3.05, 3.63) is 120 Å². The van der Waals surface area contributed by atoms with Crippen LogP contribution in [0.5, 0.6) is 0 Å². The molecular weight excluding hydrogens is 432 g/mol. The summed E-state index contributed by atoms with van der Waals surface area (Å²) in [6.45, 7) is 4.67. The van der Waals surface area contributed by atoms with Crippen LogP contribution in [0.15, 0.2) is 104 Å². The molecule has 0 radical (unpaired) electrons. The second-order valence-electron chi connectivity index (χ2n) is 9.12. The van der Waals surface area contributed by atoms with E-state index in [-0.39, 0.29) is 0 Å². The van der Waals surface area contributed by atoms with Crippen LogP contribution >= 0.6 is 0 Å². The van der Waals surface area contributed by atoms with Crippen molar-refractivity contribution in [1.82, 2.24) is 19.7 Å². The summed E-state index contributed by atoms with van der Waals surface area (Å²) in [7, 11) is 0. The maximum atomic E-state index is 4.69. The summed E-state index contributed by atoms with van der Waals surface area (Å²) in [5.74, 6) is 0.990. The Morgan fingerprint density at radius 2 is 1.34 bits per heavy atom. The van der Waals surface area contributed by atoms with E-state index >= 15 is 0 Å². The van der Waals surface area contributed by atoms with Crippen molar-refractivity contribution in [2.75, 3.05) is 31.1 Å². The van der Waals surface area contributed by atoms with Gasteiger partial charge in [0.05, 0.1) is 44.3 Å². The predicted octanol–water partition coefficient (Wildman–Crippen LogP) is 3.37. The lowest BCUT2D eigenvalue weighted by atomic mass is 9.96. The van der Waals surface area contributed by atoms with E-state index in [1.165, 1.54) is 16.7 Å². The van der Waals surface area contributed by atoms with Gasteiger partial charge in [0.25, 0.3) is 0 Å². The normalized spacial score (nSPS) is 14.6. The van der Waals surface area contributed by atoms with Gasteiger partial charge >= 0.3 is 0 Å². The minimum Gasteiger partial charge on any atom is -0.345 e. The highest BCUT2D eigenvalue weighted by Gasteiger charge is 2.31. The van der Waals surface area contributed by atoms with Crippen LogP contribution in [0.4, 0.5) is 5.82 Å². The Balaban J connectivity index is 1.23. The third-order valence-corrected chi connectivity index (χ3v) is 6.97. The molecule has 6 rings (SSSR count). The Morgan fingerprint density at radius 1 is 0.743 bits per heavy atom. The molecule has 3 heterocycles. The van der Waals surface area contributed by atoms with Crippen molar-refractivity contribution in [3.8, 4) is 0 Å². The first-order valence-electron chi connectivity index (χ1n) is 12.3. The Kier molecular flexibility index (Phi) is 5.95. The number of fused-ring (bicyclic) bond motifs is 1. The number of benzene rings is 3. The quantitative estimate of drug-likeness (QED) is 0.421. The Morgan fingerprint density at radius 3 is 1.97 bits per heavy atom. The summed E-state index contributed by atoms with van der Waals surface area (Å²) < 4.78 is 1.97. The summed E-state index contributed by atoms with van der Waals surface area (Å²) in [4.78, 5) is 13.2. The average Bonchev–Trinajstić information content (AvgIpc) is 3.34. The second-order valence-corrected chi connectivity index (χ2v) is 9.12. The molecular formula is C29H29N6+. The molecule has 35 heavy (non-hydrogen) atoms. The SMILES string of the molecule is c1ccc(Cn2ncc3c(N4CC[NH+](C(c5ccccc5)c5ccccc5)CC4)ncnc32)cc1. The minimum atomic E-state index is 0.332. The van der Waals surface area contributed by atoms with E-state index in [2.05, 4.69) is 105 Å². The Labute approximate surface area is 205 Å². The van der Waals surface area contributed by atoms with Gasteiger partial charge in [-0.3, -0.25) is 0 Å². The fraction of sp³-hybridized carbons (Fsp3) is 0.207. The lowest BCUT2D eigenvalue weighted by Crippen LogP contribution is -3.15. The number of quaternary nitrogens is 1. The maximum absolute atomic E-state index is 4.69. The van der Waals surface area contributed by atoms with Gasteiger partial charge in [-0.1, -0.05) is 91.0 Å². The monoisotopic (exact) mass is 461 g/mol. The molecule has 0 atom stereocenters. The average molecular weight is 462 g/mol. The summed E-state index contributed by atoms with van der Waals surface area (Å²) >= 11 is 0. The molecule has 0 amide bonds. The lowest BCUT2D eigenvalue weighted by Gasteiger charge is -2.37. The molecule has 1 saturated heterocycles. The van der Waals surface area contributed by atoms with Crippen LogP contribution in [-0.2, 0) is 6.54 Å². The van der Waals surface area contributed by atoms with Crippen molar-refractivity contribution in [2.24, 2.45) is 0 Å². The van der Waals surface area contributed by atoms with E-state index in [0.29, 0.717) is 12.6 Å². The van der Waals surface area contributed by atoms with Crippen LogP contribution in [0.25, 0.3) is 11.0 Å². The molecule has 1 aliphatic rings. The fourth-order valence-electron chi connectivity index (χ4n) is 5.25. The number of nitrogens with one attached hydrogen (secondary N) is 1. The molecule has 1 aliphatic heterocycles. The Hall–Kier alpha value is -4.03.